The molecule has 0 rings (SSSR count). The van der Waals surface area contributed by atoms with Crippen molar-refractivity contribution in [2.45, 2.75) is 75.3 Å². The molecule has 0 heterocycles. The van der Waals surface area contributed by atoms with Crippen molar-refractivity contribution in [1.29, 1.82) is 0 Å². The van der Waals surface area contributed by atoms with E-state index in [4.69, 9.17) is 9.47 Å². The quantitative estimate of drug-likeness (QED) is 0.364. The lowest BCUT2D eigenvalue weighted by Gasteiger charge is -2.15. The van der Waals surface area contributed by atoms with Crippen molar-refractivity contribution < 1.29 is 19.1 Å². The van der Waals surface area contributed by atoms with Crippen LogP contribution in [0.3, 0.4) is 0 Å². The molecule has 0 saturated heterocycles. The lowest BCUT2D eigenvalue weighted by atomic mass is 10.1. The Kier molecular flexibility index (Phi) is 31.9. The standard InChI is InChI=1S/C17H29NO4.4CH4/c1-5-6-10-16(11-7-8-14-21-15(2)19)22-17(20)12-9-13-18(3)4;;;;/h5-8,16H,9-14H2,1-4H3;4*1H4/b6-5-,8-7-;;;;. The highest BCUT2D eigenvalue weighted by molar-refractivity contribution is 5.69. The highest BCUT2D eigenvalue weighted by Gasteiger charge is 2.11. The molecule has 0 aromatic rings. The van der Waals surface area contributed by atoms with E-state index in [2.05, 4.69) is 0 Å². The molecule has 0 aliphatic rings. The molecule has 0 radical (unpaired) electrons. The van der Waals surface area contributed by atoms with Crippen LogP contribution in [-0.4, -0.2) is 50.2 Å². The smallest absolute Gasteiger partial charge is 0.306 e. The fourth-order valence-corrected chi connectivity index (χ4v) is 1.75. The first-order chi connectivity index (χ1) is 10.5. The Morgan fingerprint density at radius 2 is 1.58 bits per heavy atom. The molecule has 26 heavy (non-hydrogen) atoms. The molecule has 0 spiro atoms. The summed E-state index contributed by atoms with van der Waals surface area (Å²) in [7, 11) is 3.96. The Morgan fingerprint density at radius 1 is 1.00 bits per heavy atom. The van der Waals surface area contributed by atoms with Crippen LogP contribution in [0.4, 0.5) is 0 Å². The molecule has 0 aliphatic heterocycles. The van der Waals surface area contributed by atoms with Crippen molar-refractivity contribution in [3.63, 3.8) is 0 Å². The van der Waals surface area contributed by atoms with Crippen molar-refractivity contribution in [3.05, 3.63) is 24.3 Å². The maximum absolute atomic E-state index is 11.8. The third-order valence-electron chi connectivity index (χ3n) is 2.87. The minimum Gasteiger partial charge on any atom is -0.462 e. The van der Waals surface area contributed by atoms with Crippen LogP contribution in [0.1, 0.15) is 69.2 Å². The predicted molar refractivity (Wildman–Crippen MR) is 114 cm³/mol. The predicted octanol–water partition coefficient (Wildman–Crippen LogP) is 5.26. The third-order valence-corrected chi connectivity index (χ3v) is 2.87. The van der Waals surface area contributed by atoms with Gasteiger partial charge in [-0.25, -0.2) is 0 Å². The van der Waals surface area contributed by atoms with E-state index in [1.165, 1.54) is 6.92 Å². The molecule has 0 amide bonds. The molecule has 0 bridgehead atoms. The second-order valence-corrected chi connectivity index (χ2v) is 5.33. The zero-order valence-corrected chi connectivity index (χ0v) is 14.2. The molecular formula is C21H45NO4. The van der Waals surface area contributed by atoms with Crippen LogP contribution in [0.5, 0.6) is 0 Å². The molecule has 0 N–H and O–H groups in total. The summed E-state index contributed by atoms with van der Waals surface area (Å²) in [5.74, 6) is -0.466. The molecule has 0 aromatic carbocycles. The van der Waals surface area contributed by atoms with E-state index in [1.54, 1.807) is 6.08 Å². The van der Waals surface area contributed by atoms with Crippen LogP contribution >= 0.6 is 0 Å². The van der Waals surface area contributed by atoms with Crippen LogP contribution < -0.4 is 0 Å². The Bertz CT molecular complexity index is 376. The van der Waals surface area contributed by atoms with Crippen LogP contribution in [0.2, 0.25) is 0 Å². The van der Waals surface area contributed by atoms with Gasteiger partial charge in [0.2, 0.25) is 0 Å². The van der Waals surface area contributed by atoms with E-state index in [0.29, 0.717) is 19.3 Å². The second-order valence-electron chi connectivity index (χ2n) is 5.33. The van der Waals surface area contributed by atoms with Crippen molar-refractivity contribution >= 4 is 11.9 Å². The number of carbonyl (C=O) groups is 2. The fourth-order valence-electron chi connectivity index (χ4n) is 1.75. The summed E-state index contributed by atoms with van der Waals surface area (Å²) < 4.78 is 10.3. The molecule has 0 saturated carbocycles. The molecule has 5 heteroatoms. The van der Waals surface area contributed by atoms with Crippen LogP contribution in [0.15, 0.2) is 24.3 Å². The van der Waals surface area contributed by atoms with Gasteiger partial charge in [0.1, 0.15) is 12.7 Å². The van der Waals surface area contributed by atoms with E-state index >= 15 is 0 Å². The number of allylic oxidation sites excluding steroid dienone is 1. The first-order valence-electron chi connectivity index (χ1n) is 7.69. The van der Waals surface area contributed by atoms with Crippen molar-refractivity contribution in [2.24, 2.45) is 0 Å². The molecule has 1 unspecified atom stereocenters. The van der Waals surface area contributed by atoms with Crippen molar-refractivity contribution in [1.82, 2.24) is 4.90 Å². The molecule has 5 nitrogen and oxygen atoms in total. The van der Waals surface area contributed by atoms with E-state index < -0.39 is 0 Å². The highest BCUT2D eigenvalue weighted by Crippen LogP contribution is 2.09. The Morgan fingerprint density at radius 3 is 2.08 bits per heavy atom. The molecule has 0 fully saturated rings. The summed E-state index contributed by atoms with van der Waals surface area (Å²) in [5, 5.41) is 0. The Labute approximate surface area is 163 Å². The van der Waals surface area contributed by atoms with Gasteiger partial charge in [0.15, 0.2) is 0 Å². The minimum atomic E-state index is -0.303. The average Bonchev–Trinajstić information content (AvgIpc) is 2.43. The van der Waals surface area contributed by atoms with Gasteiger partial charge in [-0.05, 0) is 34.0 Å². The minimum absolute atomic E-state index is 0. The number of rotatable bonds is 11. The first kappa shape index (κ1) is 35.5. The lowest BCUT2D eigenvalue weighted by Crippen LogP contribution is -2.19. The maximum atomic E-state index is 11.8. The van der Waals surface area contributed by atoms with Crippen LogP contribution in [0, 0.1) is 0 Å². The molecule has 1 atom stereocenters. The van der Waals surface area contributed by atoms with E-state index in [1.807, 2.05) is 44.1 Å². The largest absolute Gasteiger partial charge is 0.462 e. The number of ether oxygens (including phenoxy) is 2. The van der Waals surface area contributed by atoms with Gasteiger partial charge in [0, 0.05) is 26.2 Å². The topological polar surface area (TPSA) is 55.8 Å². The average molecular weight is 376 g/mol. The second kappa shape index (κ2) is 23.4. The summed E-state index contributed by atoms with van der Waals surface area (Å²) in [6.45, 7) is 4.43. The van der Waals surface area contributed by atoms with Gasteiger partial charge in [0.05, 0.1) is 0 Å². The zero-order valence-electron chi connectivity index (χ0n) is 14.2. The molecular weight excluding hydrogens is 330 g/mol. The normalized spacial score (nSPS) is 11.0. The van der Waals surface area contributed by atoms with Crippen LogP contribution in [0.25, 0.3) is 0 Å². The van der Waals surface area contributed by atoms with Gasteiger partial charge < -0.3 is 14.4 Å². The Balaban J connectivity index is -0.000000367. The summed E-state index contributed by atoms with van der Waals surface area (Å²) in [6, 6.07) is 0. The van der Waals surface area contributed by atoms with Crippen LogP contribution in [-0.2, 0) is 19.1 Å². The summed E-state index contributed by atoms with van der Waals surface area (Å²) in [6.07, 6.45) is 9.93. The number of esters is 2. The highest BCUT2D eigenvalue weighted by atomic mass is 16.5. The number of hydrogen-bond acceptors (Lipinski definition) is 5. The lowest BCUT2D eigenvalue weighted by molar-refractivity contribution is -0.149. The van der Waals surface area contributed by atoms with E-state index in [-0.39, 0.29) is 54.4 Å². The first-order valence-corrected chi connectivity index (χ1v) is 7.69. The van der Waals surface area contributed by atoms with Gasteiger partial charge >= 0.3 is 11.9 Å². The molecule has 0 aromatic heterocycles. The van der Waals surface area contributed by atoms with Gasteiger partial charge in [-0.2, -0.15) is 0 Å². The SMILES string of the molecule is C.C.C.C.C/C=C\CC(C/C=C\COC(C)=O)OC(=O)CCCN(C)C. The van der Waals surface area contributed by atoms with Gasteiger partial charge in [0.25, 0.3) is 0 Å². The van der Waals surface area contributed by atoms with E-state index in [9.17, 15) is 9.59 Å². The molecule has 158 valence electrons. The number of nitrogens with zero attached hydrogens (tertiary/aromatic N) is 1. The zero-order chi connectivity index (χ0) is 16.8. The number of carbonyl (C=O) groups excluding carboxylic acids is 2. The Hall–Kier alpha value is -1.62. The van der Waals surface area contributed by atoms with Gasteiger partial charge in [-0.15, -0.1) is 0 Å². The summed E-state index contributed by atoms with van der Waals surface area (Å²) in [4.78, 5) is 24.5. The van der Waals surface area contributed by atoms with Crippen molar-refractivity contribution in [2.75, 3.05) is 27.2 Å². The van der Waals surface area contributed by atoms with Gasteiger partial charge in [-0.1, -0.05) is 54.0 Å². The molecule has 0 aliphatic carbocycles. The maximum Gasteiger partial charge on any atom is 0.306 e. The fraction of sp³-hybridized carbons (Fsp3) is 0.714. The van der Waals surface area contributed by atoms with Crippen molar-refractivity contribution in [3.8, 4) is 0 Å². The third kappa shape index (κ3) is 24.6. The summed E-state index contributed by atoms with van der Waals surface area (Å²) >= 11 is 0. The monoisotopic (exact) mass is 375 g/mol. The summed E-state index contributed by atoms with van der Waals surface area (Å²) in [5.41, 5.74) is 0. The van der Waals surface area contributed by atoms with Gasteiger partial charge in [-0.3, -0.25) is 9.59 Å². The number of hydrogen-bond donors (Lipinski definition) is 0. The van der Waals surface area contributed by atoms with E-state index in [0.717, 1.165) is 13.0 Å².